The van der Waals surface area contributed by atoms with Crippen LogP contribution in [0.2, 0.25) is 0 Å². The third-order valence-electron chi connectivity index (χ3n) is 4.20. The fourth-order valence-corrected chi connectivity index (χ4v) is 3.03. The standard InChI is InChI=1S/C14H27NO2/c1-4-5-9-13(14(16)17)15(3)12-10-7-6-8-11(12)2/h11-13H,4-10H2,1-3H3,(H,16,17). The molecule has 0 spiro atoms. The molecule has 3 heteroatoms. The largest absolute Gasteiger partial charge is 0.480 e. The molecular weight excluding hydrogens is 214 g/mol. The van der Waals surface area contributed by atoms with Gasteiger partial charge in [0.15, 0.2) is 0 Å². The Hall–Kier alpha value is -0.570. The minimum atomic E-state index is -0.654. The number of unbranched alkanes of at least 4 members (excludes halogenated alkanes) is 1. The first-order chi connectivity index (χ1) is 8.07. The molecule has 0 aromatic carbocycles. The van der Waals surface area contributed by atoms with Gasteiger partial charge in [-0.1, -0.05) is 39.5 Å². The van der Waals surface area contributed by atoms with Crippen molar-refractivity contribution in [3.8, 4) is 0 Å². The van der Waals surface area contributed by atoms with E-state index in [1.807, 2.05) is 7.05 Å². The van der Waals surface area contributed by atoms with Gasteiger partial charge in [-0.2, -0.15) is 0 Å². The number of carbonyl (C=O) groups is 1. The number of hydrogen-bond acceptors (Lipinski definition) is 2. The van der Waals surface area contributed by atoms with Crippen LogP contribution < -0.4 is 0 Å². The first-order valence-corrected chi connectivity index (χ1v) is 7.02. The summed E-state index contributed by atoms with van der Waals surface area (Å²) in [6.07, 6.45) is 7.81. The predicted molar refractivity (Wildman–Crippen MR) is 70.1 cm³/mol. The predicted octanol–water partition coefficient (Wildman–Crippen LogP) is 3.14. The zero-order chi connectivity index (χ0) is 12.8. The molecule has 3 atom stereocenters. The van der Waals surface area contributed by atoms with Gasteiger partial charge in [0.05, 0.1) is 0 Å². The zero-order valence-electron chi connectivity index (χ0n) is 11.5. The molecule has 3 unspecified atom stereocenters. The summed E-state index contributed by atoms with van der Waals surface area (Å²) in [4.78, 5) is 13.5. The fraction of sp³-hybridized carbons (Fsp3) is 0.929. The molecule has 1 fully saturated rings. The van der Waals surface area contributed by atoms with Gasteiger partial charge in [-0.25, -0.2) is 0 Å². The highest BCUT2D eigenvalue weighted by Crippen LogP contribution is 2.29. The van der Waals surface area contributed by atoms with E-state index in [0.29, 0.717) is 12.0 Å². The molecule has 3 nitrogen and oxygen atoms in total. The number of aliphatic carboxylic acids is 1. The van der Waals surface area contributed by atoms with E-state index in [1.165, 1.54) is 19.3 Å². The van der Waals surface area contributed by atoms with Crippen molar-refractivity contribution in [1.29, 1.82) is 0 Å². The maximum Gasteiger partial charge on any atom is 0.320 e. The summed E-state index contributed by atoms with van der Waals surface area (Å²) in [5.74, 6) is -0.0176. The Kier molecular flexibility index (Phi) is 5.96. The van der Waals surface area contributed by atoms with Crippen molar-refractivity contribution in [3.63, 3.8) is 0 Å². The van der Waals surface area contributed by atoms with Crippen LogP contribution in [0.15, 0.2) is 0 Å². The van der Waals surface area contributed by atoms with Gasteiger partial charge in [0.1, 0.15) is 6.04 Å². The number of hydrogen-bond donors (Lipinski definition) is 1. The summed E-state index contributed by atoms with van der Waals surface area (Å²) in [5.41, 5.74) is 0. The van der Waals surface area contributed by atoms with Crippen LogP contribution in [0.4, 0.5) is 0 Å². The van der Waals surface area contributed by atoms with Crippen molar-refractivity contribution in [2.45, 2.75) is 70.9 Å². The summed E-state index contributed by atoms with van der Waals surface area (Å²) in [6.45, 7) is 4.38. The van der Waals surface area contributed by atoms with Gasteiger partial charge in [0.2, 0.25) is 0 Å². The monoisotopic (exact) mass is 241 g/mol. The van der Waals surface area contributed by atoms with Crippen molar-refractivity contribution in [3.05, 3.63) is 0 Å². The summed E-state index contributed by atoms with van der Waals surface area (Å²) in [7, 11) is 2.00. The van der Waals surface area contributed by atoms with E-state index in [4.69, 9.17) is 0 Å². The number of carboxylic acid groups (broad SMARTS) is 1. The first-order valence-electron chi connectivity index (χ1n) is 7.02. The summed E-state index contributed by atoms with van der Waals surface area (Å²) < 4.78 is 0. The van der Waals surface area contributed by atoms with E-state index in [1.54, 1.807) is 0 Å². The molecule has 100 valence electrons. The second-order valence-corrected chi connectivity index (χ2v) is 5.49. The SMILES string of the molecule is CCCCC(C(=O)O)N(C)C1CCCCC1C. The van der Waals surface area contributed by atoms with E-state index < -0.39 is 5.97 Å². The number of rotatable bonds is 6. The normalized spacial score (nSPS) is 27.1. The van der Waals surface area contributed by atoms with Crippen LogP contribution in [0.25, 0.3) is 0 Å². The van der Waals surface area contributed by atoms with Gasteiger partial charge in [-0.15, -0.1) is 0 Å². The van der Waals surface area contributed by atoms with Crippen molar-refractivity contribution in [1.82, 2.24) is 4.90 Å². The third-order valence-corrected chi connectivity index (χ3v) is 4.20. The average Bonchev–Trinajstić information content (AvgIpc) is 2.29. The van der Waals surface area contributed by atoms with Crippen LogP contribution in [0.1, 0.15) is 58.8 Å². The highest BCUT2D eigenvalue weighted by molar-refractivity contribution is 5.73. The summed E-state index contributed by atoms with van der Waals surface area (Å²) >= 11 is 0. The molecule has 0 heterocycles. The first kappa shape index (κ1) is 14.5. The molecule has 0 aromatic heterocycles. The summed E-state index contributed by atoms with van der Waals surface area (Å²) in [5, 5.41) is 9.35. The summed E-state index contributed by atoms with van der Waals surface area (Å²) in [6, 6.07) is 0.169. The van der Waals surface area contributed by atoms with Crippen LogP contribution in [-0.2, 0) is 4.79 Å². The molecule has 1 N–H and O–H groups in total. The maximum atomic E-state index is 11.4. The van der Waals surface area contributed by atoms with Crippen LogP contribution in [0, 0.1) is 5.92 Å². The quantitative estimate of drug-likeness (QED) is 0.776. The molecule has 0 saturated heterocycles. The Morgan fingerprint density at radius 1 is 1.41 bits per heavy atom. The van der Waals surface area contributed by atoms with E-state index >= 15 is 0 Å². The molecule has 0 radical (unpaired) electrons. The molecule has 0 aromatic rings. The van der Waals surface area contributed by atoms with E-state index in [9.17, 15) is 9.90 Å². The zero-order valence-corrected chi connectivity index (χ0v) is 11.5. The van der Waals surface area contributed by atoms with Gasteiger partial charge in [0, 0.05) is 6.04 Å². The second kappa shape index (κ2) is 7.00. The molecule has 1 aliphatic rings. The Bertz CT molecular complexity index is 242. The van der Waals surface area contributed by atoms with Crippen LogP contribution in [0.5, 0.6) is 0 Å². The van der Waals surface area contributed by atoms with E-state index in [-0.39, 0.29) is 6.04 Å². The van der Waals surface area contributed by atoms with Gasteiger partial charge in [0.25, 0.3) is 0 Å². The smallest absolute Gasteiger partial charge is 0.320 e. The number of carboxylic acids is 1. The lowest BCUT2D eigenvalue weighted by molar-refractivity contribution is -0.144. The molecular formula is C14H27NO2. The lowest BCUT2D eigenvalue weighted by Crippen LogP contribution is -2.48. The van der Waals surface area contributed by atoms with E-state index in [0.717, 1.165) is 25.7 Å². The van der Waals surface area contributed by atoms with Crippen molar-refractivity contribution in [2.75, 3.05) is 7.05 Å². The highest BCUT2D eigenvalue weighted by Gasteiger charge is 2.32. The van der Waals surface area contributed by atoms with Crippen molar-refractivity contribution < 1.29 is 9.90 Å². The average molecular weight is 241 g/mol. The second-order valence-electron chi connectivity index (χ2n) is 5.49. The number of nitrogens with zero attached hydrogens (tertiary/aromatic N) is 1. The topological polar surface area (TPSA) is 40.5 Å². The molecule has 1 saturated carbocycles. The third kappa shape index (κ3) is 3.98. The van der Waals surface area contributed by atoms with Gasteiger partial charge in [-0.05, 0) is 32.2 Å². The highest BCUT2D eigenvalue weighted by atomic mass is 16.4. The maximum absolute atomic E-state index is 11.4. The molecule has 0 amide bonds. The van der Waals surface area contributed by atoms with Crippen LogP contribution in [-0.4, -0.2) is 35.1 Å². The lowest BCUT2D eigenvalue weighted by Gasteiger charge is -2.39. The van der Waals surface area contributed by atoms with Crippen molar-refractivity contribution in [2.24, 2.45) is 5.92 Å². The Labute approximate surface area is 105 Å². The van der Waals surface area contributed by atoms with Gasteiger partial charge >= 0.3 is 5.97 Å². The minimum absolute atomic E-state index is 0.291. The fourth-order valence-electron chi connectivity index (χ4n) is 3.03. The molecule has 0 bridgehead atoms. The van der Waals surface area contributed by atoms with Crippen molar-refractivity contribution >= 4 is 5.97 Å². The minimum Gasteiger partial charge on any atom is -0.480 e. The van der Waals surface area contributed by atoms with Gasteiger partial charge in [-0.3, -0.25) is 9.69 Å². The molecule has 1 rings (SSSR count). The Morgan fingerprint density at radius 2 is 2.06 bits per heavy atom. The van der Waals surface area contributed by atoms with Crippen LogP contribution >= 0.6 is 0 Å². The molecule has 17 heavy (non-hydrogen) atoms. The Morgan fingerprint density at radius 3 is 2.59 bits per heavy atom. The Balaban J connectivity index is 2.61. The lowest BCUT2D eigenvalue weighted by atomic mass is 9.84. The molecule has 0 aliphatic heterocycles. The van der Waals surface area contributed by atoms with E-state index in [2.05, 4.69) is 18.7 Å². The van der Waals surface area contributed by atoms with Crippen LogP contribution in [0.3, 0.4) is 0 Å². The van der Waals surface area contributed by atoms with Gasteiger partial charge < -0.3 is 5.11 Å². The molecule has 1 aliphatic carbocycles. The number of likely N-dealkylation sites (N-methyl/N-ethyl adjacent to an activating group) is 1.